The van der Waals surface area contributed by atoms with Crippen LogP contribution in [0, 0.1) is 29.5 Å². The molecule has 4 aromatic rings. The van der Waals surface area contributed by atoms with Crippen molar-refractivity contribution in [3.05, 3.63) is 135 Å². The zero-order chi connectivity index (χ0) is 40.5. The number of allylic oxidation sites excluding steroid dienone is 2. The molecule has 4 fully saturated rings. The van der Waals surface area contributed by atoms with Crippen LogP contribution in [-0.2, 0) is 31.1 Å². The van der Waals surface area contributed by atoms with Crippen LogP contribution >= 0.6 is 27.5 Å². The molecule has 0 bridgehead atoms. The van der Waals surface area contributed by atoms with E-state index < -0.39 is 52.6 Å². The van der Waals surface area contributed by atoms with Crippen LogP contribution in [0.25, 0.3) is 0 Å². The summed E-state index contributed by atoms with van der Waals surface area (Å²) in [7, 11) is 1.43. The number of fused-ring (bicyclic) bond motifs is 4. The number of amides is 4. The standard InChI is InChI=1S/C45H41BrClFN4O6/c1-58-37-22-26(21-36(46)40(37)53)39-32-15-16-33-38(43(56)51(41(33)54)31-17-19-50(20-18-31)24-25-5-3-2-4-6-25)34(32)23-35-42(55)52(49-30-13-11-29(48)12-14-30)44(57)45(35,39)27-7-9-28(47)10-8-27/h2-15,21-22,31,33-35,38-39,49,53H,16-20,23-24H2,1H3/t33-,34+,35-,38-,39-,45+/m0/s1. The van der Waals surface area contributed by atoms with Gasteiger partial charge in [-0.15, -0.1) is 0 Å². The fourth-order valence-corrected chi connectivity index (χ4v) is 11.1. The predicted octanol–water partition coefficient (Wildman–Crippen LogP) is 7.61. The molecule has 6 atom stereocenters. The molecule has 0 aromatic heterocycles. The van der Waals surface area contributed by atoms with Crippen molar-refractivity contribution >= 4 is 56.8 Å². The number of likely N-dealkylation sites (tertiary alicyclic amines) is 2. The molecule has 5 aliphatic rings. The Kier molecular flexibility index (Phi) is 9.93. The molecule has 0 radical (unpaired) electrons. The monoisotopic (exact) mass is 866 g/mol. The molecule has 13 heteroatoms. The maximum atomic E-state index is 15.4. The summed E-state index contributed by atoms with van der Waals surface area (Å²) in [4.78, 5) is 63.5. The van der Waals surface area contributed by atoms with Gasteiger partial charge in [0.05, 0.1) is 40.4 Å². The van der Waals surface area contributed by atoms with Crippen LogP contribution in [0.15, 0.2) is 107 Å². The number of halogens is 3. The third-order valence-electron chi connectivity index (χ3n) is 13.1. The van der Waals surface area contributed by atoms with Gasteiger partial charge in [-0.2, -0.15) is 5.01 Å². The smallest absolute Gasteiger partial charge is 0.260 e. The van der Waals surface area contributed by atoms with Crippen molar-refractivity contribution in [2.24, 2.45) is 23.7 Å². The lowest BCUT2D eigenvalue weighted by Gasteiger charge is -2.50. The first-order valence-electron chi connectivity index (χ1n) is 19.6. The molecular formula is C45H41BrClFN4O6. The first-order chi connectivity index (χ1) is 28.0. The van der Waals surface area contributed by atoms with Crippen LogP contribution in [-0.4, -0.2) is 69.8 Å². The number of methoxy groups -OCH3 is 1. The molecule has 58 heavy (non-hydrogen) atoms. The average molecular weight is 868 g/mol. The van der Waals surface area contributed by atoms with Crippen molar-refractivity contribution in [1.29, 1.82) is 0 Å². The first-order valence-corrected chi connectivity index (χ1v) is 20.7. The van der Waals surface area contributed by atoms with Crippen molar-refractivity contribution in [2.45, 2.75) is 49.6 Å². The molecular weight excluding hydrogens is 827 g/mol. The SMILES string of the molecule is COc1cc([C@H]2C3=CC[C@@H]4C(=O)N(C5CCN(Cc6ccccc6)CC5)C(=O)[C@@H]4[C@@H]3C[C@H]3C(=O)N(Nc4ccc(F)cc4)C(=O)[C@@]23c2ccc(Cl)cc2)cc(Br)c1O. The van der Waals surface area contributed by atoms with E-state index in [0.29, 0.717) is 45.6 Å². The number of hydrogen-bond donors (Lipinski definition) is 2. The maximum Gasteiger partial charge on any atom is 0.260 e. The number of carbonyl (C=O) groups is 4. The third kappa shape index (κ3) is 6.14. The molecule has 10 nitrogen and oxygen atoms in total. The highest BCUT2D eigenvalue weighted by molar-refractivity contribution is 9.10. The Morgan fingerprint density at radius 1 is 0.914 bits per heavy atom. The van der Waals surface area contributed by atoms with Crippen LogP contribution in [0.1, 0.15) is 48.3 Å². The molecule has 1 saturated carbocycles. The predicted molar refractivity (Wildman–Crippen MR) is 218 cm³/mol. The molecule has 9 rings (SSSR count). The highest BCUT2D eigenvalue weighted by Crippen LogP contribution is 2.65. The Balaban J connectivity index is 1.13. The normalized spacial score (nSPS) is 27.3. The Labute approximate surface area is 348 Å². The highest BCUT2D eigenvalue weighted by atomic mass is 79.9. The van der Waals surface area contributed by atoms with Gasteiger partial charge in [0.25, 0.3) is 11.8 Å². The molecule has 2 aliphatic carbocycles. The van der Waals surface area contributed by atoms with Crippen molar-refractivity contribution in [3.8, 4) is 11.5 Å². The van der Waals surface area contributed by atoms with E-state index in [2.05, 4.69) is 38.4 Å². The van der Waals surface area contributed by atoms with Gasteiger partial charge in [-0.3, -0.25) is 34.4 Å². The number of phenols is 1. The summed E-state index contributed by atoms with van der Waals surface area (Å²) < 4.78 is 19.9. The van der Waals surface area contributed by atoms with E-state index >= 15 is 4.79 Å². The van der Waals surface area contributed by atoms with Gasteiger partial charge in [0.1, 0.15) is 5.82 Å². The molecule has 0 unspecified atom stereocenters. The summed E-state index contributed by atoms with van der Waals surface area (Å²) in [6, 6.07) is 25.6. The Hall–Kier alpha value is -5.04. The summed E-state index contributed by atoms with van der Waals surface area (Å²) in [5.41, 5.74) is 4.83. The number of rotatable bonds is 8. The summed E-state index contributed by atoms with van der Waals surface area (Å²) in [6.45, 7) is 2.29. The number of hydrazine groups is 1. The first kappa shape index (κ1) is 38.5. The van der Waals surface area contributed by atoms with E-state index in [1.165, 1.54) is 41.8 Å². The number of ether oxygens (including phenoxy) is 1. The van der Waals surface area contributed by atoms with E-state index in [9.17, 15) is 23.9 Å². The number of imide groups is 2. The van der Waals surface area contributed by atoms with Crippen molar-refractivity contribution in [3.63, 3.8) is 0 Å². The number of anilines is 1. The van der Waals surface area contributed by atoms with Crippen LogP contribution in [0.3, 0.4) is 0 Å². The molecule has 4 amide bonds. The number of piperidine rings is 1. The van der Waals surface area contributed by atoms with E-state index in [0.717, 1.165) is 30.2 Å². The van der Waals surface area contributed by atoms with Crippen LogP contribution in [0.4, 0.5) is 10.1 Å². The number of carbonyl (C=O) groups excluding carboxylic acids is 4. The van der Waals surface area contributed by atoms with Gasteiger partial charge in [-0.1, -0.05) is 65.7 Å². The average Bonchev–Trinajstić information content (AvgIpc) is 3.61. The highest BCUT2D eigenvalue weighted by Gasteiger charge is 2.70. The lowest BCUT2D eigenvalue weighted by Crippen LogP contribution is -2.53. The van der Waals surface area contributed by atoms with E-state index in [4.69, 9.17) is 16.3 Å². The maximum absolute atomic E-state index is 15.4. The van der Waals surface area contributed by atoms with Crippen molar-refractivity contribution in [2.75, 3.05) is 25.6 Å². The second-order valence-electron chi connectivity index (χ2n) is 16.0. The summed E-state index contributed by atoms with van der Waals surface area (Å²) in [6.07, 6.45) is 3.74. The van der Waals surface area contributed by atoms with E-state index in [1.807, 2.05) is 24.3 Å². The third-order valence-corrected chi connectivity index (χ3v) is 13.9. The summed E-state index contributed by atoms with van der Waals surface area (Å²) >= 11 is 9.91. The van der Waals surface area contributed by atoms with Crippen molar-refractivity contribution < 1.29 is 33.4 Å². The second kappa shape index (κ2) is 15.0. The van der Waals surface area contributed by atoms with Crippen LogP contribution < -0.4 is 10.2 Å². The number of nitrogens with one attached hydrogen (secondary N) is 1. The van der Waals surface area contributed by atoms with Gasteiger partial charge >= 0.3 is 0 Å². The lowest BCUT2D eigenvalue weighted by molar-refractivity contribution is -0.144. The molecule has 0 spiro atoms. The zero-order valence-electron chi connectivity index (χ0n) is 31.6. The van der Waals surface area contributed by atoms with Crippen LogP contribution in [0.2, 0.25) is 5.02 Å². The zero-order valence-corrected chi connectivity index (χ0v) is 34.0. The Bertz CT molecular complexity index is 2340. The van der Waals surface area contributed by atoms with Gasteiger partial charge in [0.15, 0.2) is 11.5 Å². The van der Waals surface area contributed by atoms with E-state index in [-0.39, 0.29) is 35.8 Å². The molecule has 3 saturated heterocycles. The van der Waals surface area contributed by atoms with Gasteiger partial charge in [-0.05, 0) is 113 Å². The molecule has 298 valence electrons. The fourth-order valence-electron chi connectivity index (χ4n) is 10.5. The minimum absolute atomic E-state index is 0.122. The minimum Gasteiger partial charge on any atom is -0.503 e. The topological polar surface area (TPSA) is 119 Å². The molecule has 3 heterocycles. The Morgan fingerprint density at radius 3 is 2.31 bits per heavy atom. The van der Waals surface area contributed by atoms with E-state index in [1.54, 1.807) is 36.4 Å². The van der Waals surface area contributed by atoms with Gasteiger partial charge < -0.3 is 9.84 Å². The van der Waals surface area contributed by atoms with Gasteiger partial charge in [-0.25, -0.2) is 4.39 Å². The van der Waals surface area contributed by atoms with Gasteiger partial charge in [0.2, 0.25) is 11.8 Å². The fraction of sp³-hybridized carbons (Fsp3) is 0.333. The quantitative estimate of drug-likeness (QED) is 0.137. The second-order valence-corrected chi connectivity index (χ2v) is 17.3. The van der Waals surface area contributed by atoms with Gasteiger partial charge in [0, 0.05) is 36.6 Å². The number of benzene rings is 4. The number of hydrogen-bond acceptors (Lipinski definition) is 8. The minimum atomic E-state index is -1.57. The molecule has 3 aliphatic heterocycles. The van der Waals surface area contributed by atoms with Crippen LogP contribution in [0.5, 0.6) is 11.5 Å². The largest absolute Gasteiger partial charge is 0.503 e. The number of aromatic hydroxyl groups is 1. The van der Waals surface area contributed by atoms with Crippen molar-refractivity contribution in [1.82, 2.24) is 14.8 Å². The molecule has 2 N–H and O–H groups in total. The number of phenolic OH excluding ortho intramolecular Hbond substituents is 1. The summed E-state index contributed by atoms with van der Waals surface area (Å²) in [5, 5.41) is 12.4. The molecule has 4 aromatic carbocycles. The summed E-state index contributed by atoms with van der Waals surface area (Å²) in [5.74, 6) is -5.67. The number of nitrogens with zero attached hydrogens (tertiary/aromatic N) is 3. The Morgan fingerprint density at radius 2 is 1.62 bits per heavy atom. The lowest BCUT2D eigenvalue weighted by atomic mass is 9.49.